The largest absolute Gasteiger partial charge is 0.481 e. The van der Waals surface area contributed by atoms with Crippen molar-refractivity contribution in [2.45, 2.75) is 25.4 Å². The van der Waals surface area contributed by atoms with Crippen molar-refractivity contribution >= 4 is 5.97 Å². The van der Waals surface area contributed by atoms with E-state index in [1.165, 1.54) is 0 Å². The maximum absolute atomic E-state index is 10.3. The highest BCUT2D eigenvalue weighted by Crippen LogP contribution is 2.13. The quantitative estimate of drug-likeness (QED) is 0.578. The number of nitrogens with zero attached hydrogens (tertiary/aromatic N) is 2. The van der Waals surface area contributed by atoms with Crippen LogP contribution in [0.3, 0.4) is 0 Å². The van der Waals surface area contributed by atoms with E-state index >= 15 is 0 Å². The summed E-state index contributed by atoms with van der Waals surface area (Å²) < 4.78 is 5.06. The summed E-state index contributed by atoms with van der Waals surface area (Å²) in [5.41, 5.74) is 10.9. The molecular formula is C7H12N4O3. The molecular weight excluding hydrogens is 188 g/mol. The fourth-order valence-electron chi connectivity index (χ4n) is 0.901. The second-order valence-corrected chi connectivity index (χ2v) is 2.78. The molecule has 0 aliphatic carbocycles. The third kappa shape index (κ3) is 2.79. The van der Waals surface area contributed by atoms with E-state index in [2.05, 4.69) is 10.2 Å². The molecule has 0 radical (unpaired) electrons. The highest BCUT2D eigenvalue weighted by molar-refractivity contribution is 5.66. The number of hydrogen-bond acceptors (Lipinski definition) is 6. The molecule has 0 saturated carbocycles. The van der Waals surface area contributed by atoms with Crippen LogP contribution in [-0.2, 0) is 11.3 Å². The van der Waals surface area contributed by atoms with Crippen molar-refractivity contribution in [2.75, 3.05) is 0 Å². The summed E-state index contributed by atoms with van der Waals surface area (Å²) in [7, 11) is 0. The number of aliphatic carboxylic acids is 1. The Bertz CT molecular complexity index is 312. The monoisotopic (exact) mass is 200 g/mol. The van der Waals surface area contributed by atoms with Crippen LogP contribution in [0.5, 0.6) is 0 Å². The molecule has 0 saturated heterocycles. The summed E-state index contributed by atoms with van der Waals surface area (Å²) >= 11 is 0. The van der Waals surface area contributed by atoms with Gasteiger partial charge in [-0.15, -0.1) is 10.2 Å². The van der Waals surface area contributed by atoms with Crippen molar-refractivity contribution in [2.24, 2.45) is 11.5 Å². The maximum atomic E-state index is 10.3. The lowest BCUT2D eigenvalue weighted by Gasteiger charge is -2.03. The van der Waals surface area contributed by atoms with Crippen molar-refractivity contribution in [3.8, 4) is 0 Å². The van der Waals surface area contributed by atoms with E-state index in [1.807, 2.05) is 0 Å². The molecule has 0 spiro atoms. The minimum Gasteiger partial charge on any atom is -0.481 e. The Labute approximate surface area is 80.1 Å². The van der Waals surface area contributed by atoms with Gasteiger partial charge in [0, 0.05) is 6.42 Å². The number of carbonyl (C=O) groups is 1. The van der Waals surface area contributed by atoms with Gasteiger partial charge in [0.1, 0.15) is 0 Å². The second kappa shape index (κ2) is 4.68. The SMILES string of the molecule is NCc1nnc(C(N)CCC(=O)O)o1. The molecule has 7 heteroatoms. The van der Waals surface area contributed by atoms with Gasteiger partial charge in [-0.05, 0) is 6.42 Å². The van der Waals surface area contributed by atoms with Crippen LogP contribution in [0.1, 0.15) is 30.7 Å². The van der Waals surface area contributed by atoms with E-state index in [1.54, 1.807) is 0 Å². The van der Waals surface area contributed by atoms with Gasteiger partial charge in [0.15, 0.2) is 0 Å². The predicted octanol–water partition coefficient (Wildman–Crippen LogP) is -0.607. The standard InChI is InChI=1S/C7H12N4O3/c8-3-5-10-11-7(14-5)4(9)1-2-6(12)13/h4H,1-3,8-9H2,(H,12,13). The van der Waals surface area contributed by atoms with Gasteiger partial charge in [0.25, 0.3) is 0 Å². The van der Waals surface area contributed by atoms with E-state index in [0.717, 1.165) is 0 Å². The second-order valence-electron chi connectivity index (χ2n) is 2.78. The molecule has 14 heavy (non-hydrogen) atoms. The van der Waals surface area contributed by atoms with E-state index in [-0.39, 0.29) is 25.3 Å². The molecule has 0 amide bonds. The zero-order valence-electron chi connectivity index (χ0n) is 7.51. The first-order valence-electron chi connectivity index (χ1n) is 4.13. The van der Waals surface area contributed by atoms with Gasteiger partial charge in [-0.25, -0.2) is 0 Å². The van der Waals surface area contributed by atoms with Crippen molar-refractivity contribution in [3.05, 3.63) is 11.8 Å². The lowest BCUT2D eigenvalue weighted by Crippen LogP contribution is -2.12. The summed E-state index contributed by atoms with van der Waals surface area (Å²) in [6.45, 7) is 0.151. The van der Waals surface area contributed by atoms with Crippen LogP contribution in [0.25, 0.3) is 0 Å². The first-order chi connectivity index (χ1) is 6.63. The summed E-state index contributed by atoms with van der Waals surface area (Å²) in [4.78, 5) is 10.3. The Balaban J connectivity index is 2.51. The highest BCUT2D eigenvalue weighted by Gasteiger charge is 2.14. The van der Waals surface area contributed by atoms with Crippen molar-refractivity contribution in [1.29, 1.82) is 0 Å². The van der Waals surface area contributed by atoms with Gasteiger partial charge in [-0.2, -0.15) is 0 Å². The molecule has 1 heterocycles. The van der Waals surface area contributed by atoms with Crippen LogP contribution in [0.4, 0.5) is 0 Å². The molecule has 5 N–H and O–H groups in total. The average molecular weight is 200 g/mol. The van der Waals surface area contributed by atoms with Crippen LogP contribution in [-0.4, -0.2) is 21.3 Å². The van der Waals surface area contributed by atoms with Gasteiger partial charge in [0.05, 0.1) is 12.6 Å². The number of aromatic nitrogens is 2. The molecule has 7 nitrogen and oxygen atoms in total. The van der Waals surface area contributed by atoms with Crippen molar-refractivity contribution in [3.63, 3.8) is 0 Å². The van der Waals surface area contributed by atoms with Crippen molar-refractivity contribution in [1.82, 2.24) is 10.2 Å². The zero-order chi connectivity index (χ0) is 10.6. The molecule has 0 fully saturated rings. The highest BCUT2D eigenvalue weighted by atomic mass is 16.4. The third-order valence-corrected chi connectivity index (χ3v) is 1.64. The summed E-state index contributed by atoms with van der Waals surface area (Å²) in [6.07, 6.45) is 0.239. The Morgan fingerprint density at radius 3 is 2.79 bits per heavy atom. The third-order valence-electron chi connectivity index (χ3n) is 1.64. The van der Waals surface area contributed by atoms with E-state index < -0.39 is 12.0 Å². The molecule has 1 unspecified atom stereocenters. The maximum Gasteiger partial charge on any atom is 0.303 e. The van der Waals surface area contributed by atoms with E-state index in [9.17, 15) is 4.79 Å². The predicted molar refractivity (Wildman–Crippen MR) is 46.0 cm³/mol. The molecule has 0 aliphatic rings. The fourth-order valence-corrected chi connectivity index (χ4v) is 0.901. The van der Waals surface area contributed by atoms with Gasteiger partial charge in [-0.3, -0.25) is 4.79 Å². The lowest BCUT2D eigenvalue weighted by atomic mass is 10.2. The Morgan fingerprint density at radius 2 is 2.29 bits per heavy atom. The van der Waals surface area contributed by atoms with Crippen LogP contribution in [0, 0.1) is 0 Å². The van der Waals surface area contributed by atoms with Gasteiger partial charge < -0.3 is 21.0 Å². The molecule has 1 aromatic rings. The molecule has 1 atom stereocenters. The van der Waals surface area contributed by atoms with E-state index in [0.29, 0.717) is 5.89 Å². The van der Waals surface area contributed by atoms with Crippen LogP contribution < -0.4 is 11.5 Å². The molecule has 0 aromatic carbocycles. The van der Waals surface area contributed by atoms with Crippen LogP contribution >= 0.6 is 0 Å². The topological polar surface area (TPSA) is 128 Å². The van der Waals surface area contributed by atoms with Crippen molar-refractivity contribution < 1.29 is 14.3 Å². The number of nitrogens with two attached hydrogens (primary N) is 2. The van der Waals surface area contributed by atoms with Crippen LogP contribution in [0.2, 0.25) is 0 Å². The van der Waals surface area contributed by atoms with E-state index in [4.69, 9.17) is 21.0 Å². The van der Waals surface area contributed by atoms with Crippen LogP contribution in [0.15, 0.2) is 4.42 Å². The van der Waals surface area contributed by atoms with Gasteiger partial charge in [-0.1, -0.05) is 0 Å². The van der Waals surface area contributed by atoms with Gasteiger partial charge >= 0.3 is 5.97 Å². The average Bonchev–Trinajstić information content (AvgIpc) is 2.62. The Kier molecular flexibility index (Phi) is 3.55. The first-order valence-corrected chi connectivity index (χ1v) is 4.13. The summed E-state index contributed by atoms with van der Waals surface area (Å²) in [5.74, 6) is -0.378. The number of carboxylic acids is 1. The molecule has 1 aromatic heterocycles. The zero-order valence-corrected chi connectivity index (χ0v) is 7.51. The number of rotatable bonds is 5. The Hall–Kier alpha value is -1.47. The fraction of sp³-hybridized carbons (Fsp3) is 0.571. The normalized spacial score (nSPS) is 12.7. The smallest absolute Gasteiger partial charge is 0.303 e. The number of hydrogen-bond donors (Lipinski definition) is 3. The number of carboxylic acid groups (broad SMARTS) is 1. The molecule has 1 rings (SSSR count). The lowest BCUT2D eigenvalue weighted by molar-refractivity contribution is -0.137. The summed E-state index contributed by atoms with van der Waals surface area (Å²) in [5, 5.41) is 15.7. The van der Waals surface area contributed by atoms with Gasteiger partial charge in [0.2, 0.25) is 11.8 Å². The molecule has 78 valence electrons. The Morgan fingerprint density at radius 1 is 1.57 bits per heavy atom. The molecule has 0 aliphatic heterocycles. The summed E-state index contributed by atoms with van der Waals surface area (Å²) in [6, 6.07) is -0.543. The minimum absolute atomic E-state index is 0.0263. The first kappa shape index (κ1) is 10.6. The molecule has 0 bridgehead atoms. The minimum atomic E-state index is -0.904.